The number of hydrogen-bond donors (Lipinski definition) is 4. The molecule has 0 aliphatic rings. The molecule has 5 N–H and O–H groups in total. The van der Waals surface area contributed by atoms with Crippen molar-refractivity contribution in [1.29, 1.82) is 0 Å². The summed E-state index contributed by atoms with van der Waals surface area (Å²) in [5.74, 6) is -3.94. The number of ether oxygens (including phenoxy) is 1. The minimum atomic E-state index is -1.30. The Bertz CT molecular complexity index is 799. The molecule has 0 aliphatic carbocycles. The highest BCUT2D eigenvalue weighted by Crippen LogP contribution is 2.31. The number of carboxylic acids is 1. The zero-order chi connectivity index (χ0) is 19.3. The zero-order valence-electron chi connectivity index (χ0n) is 14.0. The number of aliphatic carboxylic acids is 1. The standard InChI is InChI=1S/C18H18FNO6.ClH/c19-12-4-1-10(2-5-12)18(25)26-8-7-13(16(20)17(23)24)11-3-6-14(21)15(22)9-11;/h1-6,9,13,16,21-22H,7-8,20H2,(H,23,24);1H/t13?,16-;/m0./s1. The summed E-state index contributed by atoms with van der Waals surface area (Å²) in [4.78, 5) is 23.1. The van der Waals surface area contributed by atoms with E-state index >= 15 is 0 Å². The Balaban J connectivity index is 0.00000364. The normalized spacial score (nSPS) is 12.5. The van der Waals surface area contributed by atoms with Crippen LogP contribution in [-0.2, 0) is 9.53 Å². The molecule has 0 heterocycles. The first-order valence-electron chi connectivity index (χ1n) is 7.72. The average molecular weight is 400 g/mol. The molecular weight excluding hydrogens is 381 g/mol. The van der Waals surface area contributed by atoms with Crippen LogP contribution in [0.25, 0.3) is 0 Å². The van der Waals surface area contributed by atoms with E-state index in [4.69, 9.17) is 15.6 Å². The van der Waals surface area contributed by atoms with E-state index in [0.29, 0.717) is 5.56 Å². The number of halogens is 2. The monoisotopic (exact) mass is 399 g/mol. The summed E-state index contributed by atoms with van der Waals surface area (Å²) < 4.78 is 17.9. The van der Waals surface area contributed by atoms with Gasteiger partial charge in [-0.1, -0.05) is 6.07 Å². The summed E-state index contributed by atoms with van der Waals surface area (Å²) in [6, 6.07) is 7.36. The predicted octanol–water partition coefficient (Wildman–Crippen LogP) is 2.40. The molecule has 0 saturated carbocycles. The molecule has 2 atom stereocenters. The Morgan fingerprint density at radius 2 is 1.70 bits per heavy atom. The van der Waals surface area contributed by atoms with E-state index in [2.05, 4.69) is 0 Å². The summed E-state index contributed by atoms with van der Waals surface area (Å²) in [6.45, 7) is -0.135. The first-order chi connectivity index (χ1) is 12.3. The molecule has 0 bridgehead atoms. The minimum Gasteiger partial charge on any atom is -0.504 e. The van der Waals surface area contributed by atoms with Crippen molar-refractivity contribution in [3.63, 3.8) is 0 Å². The molecule has 0 aromatic heterocycles. The smallest absolute Gasteiger partial charge is 0.338 e. The lowest BCUT2D eigenvalue weighted by Gasteiger charge is -2.21. The van der Waals surface area contributed by atoms with Crippen molar-refractivity contribution in [3.8, 4) is 11.5 Å². The van der Waals surface area contributed by atoms with Crippen LogP contribution in [0.4, 0.5) is 4.39 Å². The number of carbonyl (C=O) groups excluding carboxylic acids is 1. The highest BCUT2D eigenvalue weighted by atomic mass is 35.5. The van der Waals surface area contributed by atoms with E-state index in [-0.39, 0.29) is 36.7 Å². The molecule has 1 unspecified atom stereocenters. The number of aromatic hydroxyl groups is 2. The van der Waals surface area contributed by atoms with Gasteiger partial charge in [-0.2, -0.15) is 0 Å². The van der Waals surface area contributed by atoms with Gasteiger partial charge in [0.2, 0.25) is 0 Å². The molecule has 0 aliphatic heterocycles. The highest BCUT2D eigenvalue weighted by molar-refractivity contribution is 5.89. The number of rotatable bonds is 7. The summed E-state index contributed by atoms with van der Waals surface area (Å²) in [5, 5.41) is 28.1. The van der Waals surface area contributed by atoms with Gasteiger partial charge in [-0.15, -0.1) is 12.4 Å². The van der Waals surface area contributed by atoms with E-state index in [0.717, 1.165) is 12.1 Å². The molecule has 0 fully saturated rings. The van der Waals surface area contributed by atoms with E-state index in [1.807, 2.05) is 0 Å². The van der Waals surface area contributed by atoms with E-state index < -0.39 is 35.5 Å². The van der Waals surface area contributed by atoms with Crippen LogP contribution in [-0.4, -0.2) is 39.9 Å². The number of hydrogen-bond acceptors (Lipinski definition) is 6. The van der Waals surface area contributed by atoms with Gasteiger partial charge < -0.3 is 25.8 Å². The van der Waals surface area contributed by atoms with E-state index in [9.17, 15) is 24.2 Å². The van der Waals surface area contributed by atoms with Crippen molar-refractivity contribution in [2.24, 2.45) is 5.73 Å². The van der Waals surface area contributed by atoms with Crippen LogP contribution < -0.4 is 5.73 Å². The van der Waals surface area contributed by atoms with Gasteiger partial charge in [0.1, 0.15) is 11.9 Å². The minimum absolute atomic E-state index is 0. The zero-order valence-corrected chi connectivity index (χ0v) is 14.9. The molecule has 146 valence electrons. The molecular formula is C18H19ClFNO6. The maximum Gasteiger partial charge on any atom is 0.338 e. The number of benzene rings is 2. The Morgan fingerprint density at radius 1 is 1.07 bits per heavy atom. The van der Waals surface area contributed by atoms with Gasteiger partial charge in [-0.05, 0) is 48.4 Å². The van der Waals surface area contributed by atoms with Crippen molar-refractivity contribution >= 4 is 24.3 Å². The van der Waals surface area contributed by atoms with Crippen molar-refractivity contribution in [2.45, 2.75) is 18.4 Å². The van der Waals surface area contributed by atoms with Gasteiger partial charge in [-0.25, -0.2) is 9.18 Å². The number of carboxylic acid groups (broad SMARTS) is 1. The molecule has 0 saturated heterocycles. The fourth-order valence-electron chi connectivity index (χ4n) is 2.44. The van der Waals surface area contributed by atoms with Gasteiger partial charge in [0.05, 0.1) is 12.2 Å². The van der Waals surface area contributed by atoms with Crippen LogP contribution in [0.15, 0.2) is 42.5 Å². The van der Waals surface area contributed by atoms with Gasteiger partial charge in [-0.3, -0.25) is 4.79 Å². The molecule has 9 heteroatoms. The molecule has 7 nitrogen and oxygen atoms in total. The van der Waals surface area contributed by atoms with Gasteiger partial charge in [0, 0.05) is 5.92 Å². The second kappa shape index (κ2) is 9.75. The van der Waals surface area contributed by atoms with Crippen molar-refractivity contribution in [2.75, 3.05) is 6.61 Å². The van der Waals surface area contributed by atoms with E-state index in [1.165, 1.54) is 30.3 Å². The van der Waals surface area contributed by atoms with Crippen LogP contribution in [0.1, 0.15) is 28.3 Å². The van der Waals surface area contributed by atoms with Gasteiger partial charge in [0.15, 0.2) is 11.5 Å². The number of phenols is 2. The van der Waals surface area contributed by atoms with Gasteiger partial charge >= 0.3 is 11.9 Å². The van der Waals surface area contributed by atoms with Crippen molar-refractivity contribution in [1.82, 2.24) is 0 Å². The van der Waals surface area contributed by atoms with Crippen LogP contribution in [0.5, 0.6) is 11.5 Å². The summed E-state index contributed by atoms with van der Waals surface area (Å²) >= 11 is 0. The first kappa shape index (κ1) is 22.2. The molecule has 2 aromatic rings. The third-order valence-corrected chi connectivity index (χ3v) is 3.89. The maximum absolute atomic E-state index is 12.9. The third kappa shape index (κ3) is 5.83. The van der Waals surface area contributed by atoms with Crippen molar-refractivity contribution < 1.29 is 34.0 Å². The quantitative estimate of drug-likeness (QED) is 0.415. The summed E-state index contributed by atoms with van der Waals surface area (Å²) in [5.41, 5.74) is 6.24. The largest absolute Gasteiger partial charge is 0.504 e. The number of esters is 1. The summed E-state index contributed by atoms with van der Waals surface area (Å²) in [6.07, 6.45) is 0.0740. The number of carbonyl (C=O) groups is 2. The average Bonchev–Trinajstić information content (AvgIpc) is 2.61. The maximum atomic E-state index is 12.9. The molecule has 0 spiro atoms. The topological polar surface area (TPSA) is 130 Å². The van der Waals surface area contributed by atoms with Crippen LogP contribution in [0, 0.1) is 5.82 Å². The fraction of sp³-hybridized carbons (Fsp3) is 0.222. The second-order valence-corrected chi connectivity index (χ2v) is 5.65. The van der Waals surface area contributed by atoms with E-state index in [1.54, 1.807) is 0 Å². The Labute approximate surface area is 160 Å². The molecule has 0 radical (unpaired) electrons. The number of phenolic OH excluding ortho intramolecular Hbond substituents is 2. The SMILES string of the molecule is Cl.N[C@H](C(=O)O)C(CCOC(=O)c1ccc(F)cc1)c1ccc(O)c(O)c1. The number of nitrogens with two attached hydrogens (primary N) is 1. The fourth-order valence-corrected chi connectivity index (χ4v) is 2.44. The molecule has 2 aromatic carbocycles. The first-order valence-corrected chi connectivity index (χ1v) is 7.72. The predicted molar refractivity (Wildman–Crippen MR) is 96.7 cm³/mol. The molecule has 0 amide bonds. The molecule has 27 heavy (non-hydrogen) atoms. The lowest BCUT2D eigenvalue weighted by Crippen LogP contribution is -2.37. The second-order valence-electron chi connectivity index (χ2n) is 5.65. The van der Waals surface area contributed by atoms with Crippen molar-refractivity contribution in [3.05, 3.63) is 59.4 Å². The Morgan fingerprint density at radius 3 is 2.26 bits per heavy atom. The van der Waals surface area contributed by atoms with Crippen LogP contribution in [0.3, 0.4) is 0 Å². The lowest BCUT2D eigenvalue weighted by atomic mass is 9.89. The third-order valence-electron chi connectivity index (χ3n) is 3.89. The molecule has 2 rings (SSSR count). The highest BCUT2D eigenvalue weighted by Gasteiger charge is 2.27. The lowest BCUT2D eigenvalue weighted by molar-refractivity contribution is -0.139. The van der Waals surface area contributed by atoms with Gasteiger partial charge in [0.25, 0.3) is 0 Å². The van der Waals surface area contributed by atoms with Crippen LogP contribution >= 0.6 is 12.4 Å². The summed E-state index contributed by atoms with van der Waals surface area (Å²) in [7, 11) is 0. The Kier molecular flexibility index (Phi) is 8.01. The Hall–Kier alpha value is -2.84. The van der Waals surface area contributed by atoms with Crippen LogP contribution in [0.2, 0.25) is 0 Å².